The van der Waals surface area contributed by atoms with Crippen LogP contribution in [-0.4, -0.2) is 26.3 Å². The smallest absolute Gasteiger partial charge is 0.160 e. The number of morpholine rings is 1. The van der Waals surface area contributed by atoms with Crippen LogP contribution in [0.1, 0.15) is 19.4 Å². The Morgan fingerprint density at radius 1 is 1.17 bits per heavy atom. The Labute approximate surface area is 106 Å². The van der Waals surface area contributed by atoms with Crippen LogP contribution in [0.15, 0.2) is 12.1 Å². The zero-order chi connectivity index (χ0) is 13.3. The lowest BCUT2D eigenvalue weighted by Crippen LogP contribution is -2.39. The maximum Gasteiger partial charge on any atom is 0.160 e. The van der Waals surface area contributed by atoms with E-state index in [2.05, 4.69) is 0 Å². The van der Waals surface area contributed by atoms with Crippen molar-refractivity contribution in [3.8, 4) is 0 Å². The average Bonchev–Trinajstić information content (AvgIpc) is 2.32. The standard InChI is InChI=1S/C13H18F2N2O/c1-13(2,16)9-7-10(14)11(15)8-12(9)17-3-5-18-6-4-17/h7-8H,3-6,16H2,1-2H3. The van der Waals surface area contributed by atoms with E-state index < -0.39 is 17.2 Å². The first-order chi connectivity index (χ1) is 8.39. The number of rotatable bonds is 2. The highest BCUT2D eigenvalue weighted by Crippen LogP contribution is 2.31. The summed E-state index contributed by atoms with van der Waals surface area (Å²) in [4.78, 5) is 1.98. The molecular formula is C13H18F2N2O. The fourth-order valence-corrected chi connectivity index (χ4v) is 2.12. The Balaban J connectivity index is 2.46. The van der Waals surface area contributed by atoms with Gasteiger partial charge in [0.1, 0.15) is 0 Å². The van der Waals surface area contributed by atoms with Gasteiger partial charge in [-0.3, -0.25) is 0 Å². The minimum absolute atomic E-state index is 0.587. The predicted molar refractivity (Wildman–Crippen MR) is 66.6 cm³/mol. The van der Waals surface area contributed by atoms with Crippen molar-refractivity contribution in [3.05, 3.63) is 29.3 Å². The molecule has 0 unspecified atom stereocenters. The van der Waals surface area contributed by atoms with Gasteiger partial charge in [0, 0.05) is 30.4 Å². The summed E-state index contributed by atoms with van der Waals surface area (Å²) in [5.41, 5.74) is 6.59. The van der Waals surface area contributed by atoms with Gasteiger partial charge in [0.2, 0.25) is 0 Å². The highest BCUT2D eigenvalue weighted by Gasteiger charge is 2.25. The number of nitrogens with two attached hydrogens (primary N) is 1. The molecular weight excluding hydrogens is 238 g/mol. The first kappa shape index (κ1) is 13.2. The molecule has 1 aliphatic heterocycles. The number of hydrogen-bond acceptors (Lipinski definition) is 3. The van der Waals surface area contributed by atoms with Gasteiger partial charge in [-0.1, -0.05) is 0 Å². The molecule has 2 rings (SSSR count). The lowest BCUT2D eigenvalue weighted by Gasteiger charge is -2.33. The van der Waals surface area contributed by atoms with Gasteiger partial charge in [-0.2, -0.15) is 0 Å². The molecule has 0 amide bonds. The summed E-state index contributed by atoms with van der Waals surface area (Å²) in [5, 5.41) is 0. The molecule has 1 aromatic rings. The second-order valence-electron chi connectivity index (χ2n) is 5.10. The summed E-state index contributed by atoms with van der Waals surface area (Å²) in [6.45, 7) is 6.06. The van der Waals surface area contributed by atoms with E-state index in [-0.39, 0.29) is 0 Å². The second kappa shape index (κ2) is 4.82. The van der Waals surface area contributed by atoms with Crippen molar-refractivity contribution in [1.82, 2.24) is 0 Å². The van der Waals surface area contributed by atoms with Gasteiger partial charge < -0.3 is 15.4 Å². The fraction of sp³-hybridized carbons (Fsp3) is 0.538. The predicted octanol–water partition coefficient (Wildman–Crippen LogP) is 2.00. The molecule has 1 saturated heterocycles. The van der Waals surface area contributed by atoms with E-state index in [1.807, 2.05) is 4.90 Å². The van der Waals surface area contributed by atoms with Crippen LogP contribution in [0.5, 0.6) is 0 Å². The van der Waals surface area contributed by atoms with Crippen LogP contribution in [-0.2, 0) is 10.3 Å². The van der Waals surface area contributed by atoms with Gasteiger partial charge in [0.15, 0.2) is 11.6 Å². The van der Waals surface area contributed by atoms with Crippen molar-refractivity contribution >= 4 is 5.69 Å². The van der Waals surface area contributed by atoms with E-state index >= 15 is 0 Å². The highest BCUT2D eigenvalue weighted by molar-refractivity contribution is 5.57. The quantitative estimate of drug-likeness (QED) is 0.879. The molecule has 0 aromatic heterocycles. The van der Waals surface area contributed by atoms with Crippen LogP contribution < -0.4 is 10.6 Å². The maximum absolute atomic E-state index is 13.4. The summed E-state index contributed by atoms with van der Waals surface area (Å²) < 4.78 is 32.1. The van der Waals surface area contributed by atoms with Gasteiger partial charge in [-0.15, -0.1) is 0 Å². The number of ether oxygens (including phenoxy) is 1. The number of nitrogens with zero attached hydrogens (tertiary/aromatic N) is 1. The van der Waals surface area contributed by atoms with Crippen molar-refractivity contribution in [3.63, 3.8) is 0 Å². The lowest BCUT2D eigenvalue weighted by atomic mass is 9.93. The molecule has 0 atom stereocenters. The monoisotopic (exact) mass is 256 g/mol. The number of hydrogen-bond donors (Lipinski definition) is 1. The Bertz CT molecular complexity index is 437. The summed E-state index contributed by atoms with van der Waals surface area (Å²) >= 11 is 0. The third kappa shape index (κ3) is 2.62. The summed E-state index contributed by atoms with van der Waals surface area (Å²) in [6.07, 6.45) is 0. The van der Waals surface area contributed by atoms with Crippen LogP contribution >= 0.6 is 0 Å². The molecule has 1 fully saturated rings. The zero-order valence-electron chi connectivity index (χ0n) is 10.7. The third-order valence-corrected chi connectivity index (χ3v) is 3.08. The molecule has 100 valence electrons. The SMILES string of the molecule is CC(C)(N)c1cc(F)c(F)cc1N1CCOCC1. The molecule has 0 aliphatic carbocycles. The van der Waals surface area contributed by atoms with Crippen molar-refractivity contribution in [2.45, 2.75) is 19.4 Å². The van der Waals surface area contributed by atoms with E-state index in [9.17, 15) is 8.78 Å². The maximum atomic E-state index is 13.4. The van der Waals surface area contributed by atoms with Crippen LogP contribution in [0.2, 0.25) is 0 Å². The van der Waals surface area contributed by atoms with Gasteiger partial charge in [-0.05, 0) is 25.5 Å². The first-order valence-corrected chi connectivity index (χ1v) is 6.00. The summed E-state index contributed by atoms with van der Waals surface area (Å²) in [6, 6.07) is 2.42. The summed E-state index contributed by atoms with van der Waals surface area (Å²) in [7, 11) is 0. The second-order valence-corrected chi connectivity index (χ2v) is 5.10. The molecule has 1 heterocycles. The van der Waals surface area contributed by atoms with E-state index in [4.69, 9.17) is 10.5 Å². The molecule has 2 N–H and O–H groups in total. The molecule has 0 bridgehead atoms. The van der Waals surface area contributed by atoms with Gasteiger partial charge in [0.25, 0.3) is 0 Å². The van der Waals surface area contributed by atoms with Crippen LogP contribution in [0.3, 0.4) is 0 Å². The largest absolute Gasteiger partial charge is 0.378 e. The van der Waals surface area contributed by atoms with E-state index in [0.29, 0.717) is 37.6 Å². The van der Waals surface area contributed by atoms with Gasteiger partial charge in [0.05, 0.1) is 13.2 Å². The van der Waals surface area contributed by atoms with Crippen molar-refractivity contribution in [1.29, 1.82) is 0 Å². The Morgan fingerprint density at radius 2 is 1.72 bits per heavy atom. The van der Waals surface area contributed by atoms with E-state index in [1.165, 1.54) is 12.1 Å². The van der Waals surface area contributed by atoms with Gasteiger partial charge >= 0.3 is 0 Å². The lowest BCUT2D eigenvalue weighted by molar-refractivity contribution is 0.122. The molecule has 0 saturated carbocycles. The molecule has 0 spiro atoms. The highest BCUT2D eigenvalue weighted by atomic mass is 19.2. The van der Waals surface area contributed by atoms with Crippen LogP contribution in [0.25, 0.3) is 0 Å². The normalized spacial score (nSPS) is 17.1. The number of halogens is 2. The average molecular weight is 256 g/mol. The van der Waals surface area contributed by atoms with E-state index in [0.717, 1.165) is 0 Å². The van der Waals surface area contributed by atoms with Crippen molar-refractivity contribution < 1.29 is 13.5 Å². The first-order valence-electron chi connectivity index (χ1n) is 6.00. The van der Waals surface area contributed by atoms with Crippen LogP contribution in [0, 0.1) is 11.6 Å². The minimum atomic E-state index is -0.861. The molecule has 0 radical (unpaired) electrons. The Kier molecular flexibility index (Phi) is 3.54. The van der Waals surface area contributed by atoms with Crippen molar-refractivity contribution in [2.75, 3.05) is 31.2 Å². The molecule has 18 heavy (non-hydrogen) atoms. The number of anilines is 1. The molecule has 3 nitrogen and oxygen atoms in total. The van der Waals surface area contributed by atoms with Gasteiger partial charge in [-0.25, -0.2) is 8.78 Å². The Hall–Kier alpha value is -1.20. The third-order valence-electron chi connectivity index (χ3n) is 3.08. The van der Waals surface area contributed by atoms with Crippen LogP contribution in [0.4, 0.5) is 14.5 Å². The topological polar surface area (TPSA) is 38.5 Å². The molecule has 5 heteroatoms. The zero-order valence-corrected chi connectivity index (χ0v) is 10.7. The van der Waals surface area contributed by atoms with E-state index in [1.54, 1.807) is 13.8 Å². The number of benzene rings is 1. The molecule has 1 aliphatic rings. The van der Waals surface area contributed by atoms with Crippen molar-refractivity contribution in [2.24, 2.45) is 5.73 Å². The minimum Gasteiger partial charge on any atom is -0.378 e. The Morgan fingerprint density at radius 3 is 2.28 bits per heavy atom. The fourth-order valence-electron chi connectivity index (χ4n) is 2.12. The summed E-state index contributed by atoms with van der Waals surface area (Å²) in [5.74, 6) is -1.70. The molecule has 1 aromatic carbocycles.